The molecule has 0 radical (unpaired) electrons. The van der Waals surface area contributed by atoms with Gasteiger partial charge in [0.25, 0.3) is 0 Å². The smallest absolute Gasteiger partial charge is 0.225 e. The number of hydrogen-bond donors (Lipinski definition) is 0. The molecule has 0 spiro atoms. The van der Waals surface area contributed by atoms with Crippen LogP contribution in [-0.4, -0.2) is 48.2 Å². The van der Waals surface area contributed by atoms with Gasteiger partial charge < -0.3 is 9.80 Å². The van der Waals surface area contributed by atoms with E-state index >= 15 is 0 Å². The fraction of sp³-hybridized carbons (Fsp3) is 0.320. The summed E-state index contributed by atoms with van der Waals surface area (Å²) in [4.78, 5) is 25.3. The van der Waals surface area contributed by atoms with Crippen LogP contribution in [0.3, 0.4) is 0 Å². The summed E-state index contributed by atoms with van der Waals surface area (Å²) in [5, 5.41) is 0.572. The Kier molecular flexibility index (Phi) is 6.70. The third-order valence-corrected chi connectivity index (χ3v) is 6.09. The molecule has 1 aromatic heterocycles. The van der Waals surface area contributed by atoms with Crippen LogP contribution in [-0.2, 0) is 4.79 Å². The first kappa shape index (κ1) is 22.2. The molecule has 32 heavy (non-hydrogen) atoms. The Morgan fingerprint density at radius 2 is 1.81 bits per heavy atom. The lowest BCUT2D eigenvalue weighted by Crippen LogP contribution is -2.50. The number of carbonyl (C=O) groups excluding carboxylic acids is 1. The van der Waals surface area contributed by atoms with E-state index in [1.54, 1.807) is 24.5 Å². The second-order valence-corrected chi connectivity index (χ2v) is 8.66. The topological polar surface area (TPSA) is 48.8 Å². The first-order chi connectivity index (χ1) is 15.4. The van der Waals surface area contributed by atoms with Crippen LogP contribution in [0.1, 0.15) is 25.8 Å². The maximum Gasteiger partial charge on any atom is 0.225 e. The molecule has 0 saturated carbocycles. The van der Waals surface area contributed by atoms with Crippen LogP contribution in [0.25, 0.3) is 16.7 Å². The van der Waals surface area contributed by atoms with Crippen molar-refractivity contribution >= 4 is 35.1 Å². The van der Waals surface area contributed by atoms with E-state index in [0.29, 0.717) is 24.5 Å². The molecule has 2 aliphatic heterocycles. The van der Waals surface area contributed by atoms with E-state index in [1.807, 2.05) is 37.1 Å². The maximum absolute atomic E-state index is 13.5. The van der Waals surface area contributed by atoms with Crippen LogP contribution < -0.4 is 4.90 Å². The third-order valence-electron chi connectivity index (χ3n) is 5.77. The minimum absolute atomic E-state index is 0.000282. The number of amides is 1. The summed E-state index contributed by atoms with van der Waals surface area (Å²) in [5.41, 5.74) is 3.65. The zero-order valence-corrected chi connectivity index (χ0v) is 19.0. The van der Waals surface area contributed by atoms with E-state index in [9.17, 15) is 9.18 Å². The van der Waals surface area contributed by atoms with Gasteiger partial charge in [-0.25, -0.2) is 9.37 Å². The van der Waals surface area contributed by atoms with E-state index in [0.717, 1.165) is 41.2 Å². The number of carbonyl (C=O) groups is 1. The van der Waals surface area contributed by atoms with Gasteiger partial charge in [0.1, 0.15) is 11.6 Å². The van der Waals surface area contributed by atoms with Gasteiger partial charge in [0.15, 0.2) is 0 Å². The number of rotatable bonds is 4. The van der Waals surface area contributed by atoms with E-state index < -0.39 is 0 Å². The average Bonchev–Trinajstić information content (AvgIpc) is 3.03. The quantitative estimate of drug-likeness (QED) is 0.646. The molecule has 1 fully saturated rings. The first-order valence-electron chi connectivity index (χ1n) is 10.8. The summed E-state index contributed by atoms with van der Waals surface area (Å²) in [6, 6.07) is 8.44. The lowest BCUT2D eigenvalue weighted by atomic mass is 9.94. The van der Waals surface area contributed by atoms with Gasteiger partial charge in [-0.15, -0.1) is 0 Å². The number of halogens is 2. The minimum atomic E-state index is -0.282. The molecule has 0 atom stereocenters. The molecule has 1 saturated heterocycles. The lowest BCUT2D eigenvalue weighted by molar-refractivity contribution is -0.134. The Hall–Kier alpha value is -2.99. The van der Waals surface area contributed by atoms with Crippen molar-refractivity contribution in [2.24, 2.45) is 10.9 Å². The van der Waals surface area contributed by atoms with Crippen LogP contribution in [0.2, 0.25) is 0 Å². The van der Waals surface area contributed by atoms with Crippen molar-refractivity contribution in [3.05, 3.63) is 65.2 Å². The van der Waals surface area contributed by atoms with Gasteiger partial charge in [0, 0.05) is 56.3 Å². The van der Waals surface area contributed by atoms with E-state index in [4.69, 9.17) is 16.6 Å². The zero-order chi connectivity index (χ0) is 22.7. The standard InChI is InChI=1S/C25H26ClFN4O/c1-17(2)25(32)31-12-10-30(11-13-31)24-14-21(20-4-3-9-28-16-23(20)26)22(15-29-24)18-5-7-19(27)8-6-18/h3,5-9,14-17H,4,10-13H2,1-2H3. The van der Waals surface area contributed by atoms with Crippen molar-refractivity contribution in [3.8, 4) is 11.1 Å². The van der Waals surface area contributed by atoms with Crippen LogP contribution in [0.4, 0.5) is 10.2 Å². The monoisotopic (exact) mass is 452 g/mol. The van der Waals surface area contributed by atoms with E-state index in [2.05, 4.69) is 9.89 Å². The van der Waals surface area contributed by atoms with E-state index in [1.165, 1.54) is 12.1 Å². The highest BCUT2D eigenvalue weighted by atomic mass is 35.5. The van der Waals surface area contributed by atoms with Crippen LogP contribution in [0, 0.1) is 11.7 Å². The van der Waals surface area contributed by atoms with Crippen LogP contribution >= 0.6 is 11.6 Å². The van der Waals surface area contributed by atoms with Crippen molar-refractivity contribution in [2.75, 3.05) is 31.1 Å². The largest absolute Gasteiger partial charge is 0.353 e. The second-order valence-electron chi connectivity index (χ2n) is 8.26. The molecule has 0 bridgehead atoms. The molecule has 7 heteroatoms. The summed E-state index contributed by atoms with van der Waals surface area (Å²) in [6.45, 7) is 6.64. The number of hydrogen-bond acceptors (Lipinski definition) is 4. The predicted octanol–water partition coefficient (Wildman–Crippen LogP) is 5.13. The Labute approximate surface area is 192 Å². The molecule has 1 amide bonds. The second kappa shape index (κ2) is 9.65. The normalized spacial score (nSPS) is 16.7. The van der Waals surface area contributed by atoms with Gasteiger partial charge in [-0.3, -0.25) is 9.79 Å². The zero-order valence-electron chi connectivity index (χ0n) is 18.3. The Balaban J connectivity index is 1.69. The summed E-state index contributed by atoms with van der Waals surface area (Å²) >= 11 is 6.58. The van der Waals surface area contributed by atoms with Gasteiger partial charge >= 0.3 is 0 Å². The van der Waals surface area contributed by atoms with Crippen molar-refractivity contribution in [3.63, 3.8) is 0 Å². The Morgan fingerprint density at radius 3 is 2.50 bits per heavy atom. The third kappa shape index (κ3) is 4.75. The van der Waals surface area contributed by atoms with Crippen molar-refractivity contribution in [2.45, 2.75) is 20.3 Å². The summed E-state index contributed by atoms with van der Waals surface area (Å²) in [5.74, 6) is 0.742. The van der Waals surface area contributed by atoms with E-state index in [-0.39, 0.29) is 17.6 Å². The molecule has 166 valence electrons. The predicted molar refractivity (Wildman–Crippen MR) is 128 cm³/mol. The maximum atomic E-state index is 13.5. The molecule has 0 unspecified atom stereocenters. The number of nitrogens with zero attached hydrogens (tertiary/aromatic N) is 4. The minimum Gasteiger partial charge on any atom is -0.353 e. The highest BCUT2D eigenvalue weighted by molar-refractivity contribution is 6.42. The molecule has 3 heterocycles. The van der Waals surface area contributed by atoms with Gasteiger partial charge in [-0.05, 0) is 41.3 Å². The molecule has 0 aliphatic carbocycles. The molecule has 4 rings (SSSR count). The lowest BCUT2D eigenvalue weighted by Gasteiger charge is -2.36. The first-order valence-corrected chi connectivity index (χ1v) is 11.2. The highest BCUT2D eigenvalue weighted by Crippen LogP contribution is 2.36. The number of aromatic nitrogens is 1. The van der Waals surface area contributed by atoms with Crippen molar-refractivity contribution < 1.29 is 9.18 Å². The summed E-state index contributed by atoms with van der Waals surface area (Å²) in [6.07, 6.45) is 7.80. The number of pyridine rings is 1. The average molecular weight is 453 g/mol. The van der Waals surface area contributed by atoms with Crippen LogP contribution in [0.5, 0.6) is 0 Å². The molecular weight excluding hydrogens is 427 g/mol. The molecule has 2 aromatic rings. The molecule has 2 aliphatic rings. The molecule has 0 N–H and O–H groups in total. The molecule has 1 aromatic carbocycles. The Bertz CT molecular complexity index is 1080. The molecule has 5 nitrogen and oxygen atoms in total. The summed E-state index contributed by atoms with van der Waals surface area (Å²) in [7, 11) is 0. The SMILES string of the molecule is CC(C)C(=O)N1CCN(c2cc(C3=C(Cl)C=NC=CC3)c(-c3ccc(F)cc3)cn2)CC1. The fourth-order valence-corrected chi connectivity index (χ4v) is 4.24. The summed E-state index contributed by atoms with van der Waals surface area (Å²) < 4.78 is 13.5. The van der Waals surface area contributed by atoms with Crippen molar-refractivity contribution in [1.29, 1.82) is 0 Å². The molecular formula is C25H26ClFN4O. The fourth-order valence-electron chi connectivity index (χ4n) is 4.00. The van der Waals surface area contributed by atoms with Crippen molar-refractivity contribution in [1.82, 2.24) is 9.88 Å². The highest BCUT2D eigenvalue weighted by Gasteiger charge is 2.24. The van der Waals surface area contributed by atoms with Crippen LogP contribution in [0.15, 0.2) is 58.8 Å². The van der Waals surface area contributed by atoms with Gasteiger partial charge in [-0.1, -0.05) is 43.7 Å². The van der Waals surface area contributed by atoms with Gasteiger partial charge in [-0.2, -0.15) is 0 Å². The number of anilines is 1. The Morgan fingerprint density at radius 1 is 1.09 bits per heavy atom. The number of aliphatic imine (C=N–C) groups is 1. The van der Waals surface area contributed by atoms with Gasteiger partial charge in [0.05, 0.1) is 5.03 Å². The number of piperazine rings is 1. The number of benzene rings is 1. The van der Waals surface area contributed by atoms with Gasteiger partial charge in [0.2, 0.25) is 5.91 Å². The number of allylic oxidation sites excluding steroid dienone is 3.